The van der Waals surface area contributed by atoms with E-state index in [4.69, 9.17) is 28.6 Å². The van der Waals surface area contributed by atoms with Crippen molar-refractivity contribution in [3.05, 3.63) is 106 Å². The molecule has 2 amide bonds. The smallest absolute Gasteiger partial charge is 0.270 e. The monoisotopic (exact) mass is 574 g/mol. The first-order valence-corrected chi connectivity index (χ1v) is 13.7. The lowest BCUT2D eigenvalue weighted by molar-refractivity contribution is -0.122. The van der Waals surface area contributed by atoms with Crippen molar-refractivity contribution in [1.82, 2.24) is 15.1 Å². The number of benzene rings is 3. The Bertz CT molecular complexity index is 1580. The lowest BCUT2D eigenvalue weighted by atomic mass is 10.1. The minimum atomic E-state index is -0.595. The van der Waals surface area contributed by atoms with Crippen molar-refractivity contribution in [1.29, 1.82) is 0 Å². The Morgan fingerprint density at radius 1 is 1.00 bits per heavy atom. The molecule has 0 spiro atoms. The molecular formula is C29H23ClN4O3S2. The Labute approximate surface area is 240 Å². The number of hydrogen-bond acceptors (Lipinski definition) is 6. The van der Waals surface area contributed by atoms with Gasteiger partial charge in [-0.1, -0.05) is 47.5 Å². The van der Waals surface area contributed by atoms with Crippen LogP contribution >= 0.6 is 35.6 Å². The number of anilines is 1. The molecular weight excluding hydrogens is 552 g/mol. The quantitative estimate of drug-likeness (QED) is 0.121. The number of halogens is 1. The molecule has 1 saturated heterocycles. The van der Waals surface area contributed by atoms with Gasteiger partial charge in [0.15, 0.2) is 5.11 Å². The van der Waals surface area contributed by atoms with Crippen molar-refractivity contribution in [2.75, 3.05) is 4.90 Å². The van der Waals surface area contributed by atoms with Gasteiger partial charge >= 0.3 is 0 Å². The number of nitrogens with zero attached hydrogens (tertiary/aromatic N) is 3. The highest BCUT2D eigenvalue weighted by molar-refractivity contribution is 7.98. The van der Waals surface area contributed by atoms with Gasteiger partial charge in [-0.25, -0.2) is 0 Å². The van der Waals surface area contributed by atoms with Crippen LogP contribution in [0.5, 0.6) is 11.5 Å². The molecule has 39 heavy (non-hydrogen) atoms. The van der Waals surface area contributed by atoms with Gasteiger partial charge in [-0.15, -0.1) is 11.8 Å². The highest BCUT2D eigenvalue weighted by atomic mass is 35.5. The molecule has 0 aliphatic carbocycles. The maximum atomic E-state index is 13.6. The molecule has 0 bridgehead atoms. The minimum absolute atomic E-state index is 0.00804. The van der Waals surface area contributed by atoms with Crippen molar-refractivity contribution in [2.45, 2.75) is 17.6 Å². The van der Waals surface area contributed by atoms with E-state index in [1.54, 1.807) is 43.1 Å². The number of carbonyl (C=O) groups excluding carboxylic acids is 2. The predicted octanol–water partition coefficient (Wildman–Crippen LogP) is 6.30. The van der Waals surface area contributed by atoms with Crippen LogP contribution in [0, 0.1) is 6.92 Å². The van der Waals surface area contributed by atoms with Gasteiger partial charge in [-0.3, -0.25) is 24.5 Å². The van der Waals surface area contributed by atoms with Crippen molar-refractivity contribution >= 4 is 64.3 Å². The summed E-state index contributed by atoms with van der Waals surface area (Å²) in [6.07, 6.45) is 1.49. The second-order valence-corrected chi connectivity index (χ2v) is 10.5. The zero-order chi connectivity index (χ0) is 27.5. The average Bonchev–Trinajstić information content (AvgIpc) is 3.19. The van der Waals surface area contributed by atoms with E-state index in [0.717, 1.165) is 4.90 Å². The summed E-state index contributed by atoms with van der Waals surface area (Å²) >= 11 is 13.5. The number of thioether (sulfide) groups is 1. The normalized spacial score (nSPS) is 14.6. The fourth-order valence-electron chi connectivity index (χ4n) is 3.93. The summed E-state index contributed by atoms with van der Waals surface area (Å²) in [6.45, 7) is 2.03. The highest BCUT2D eigenvalue weighted by Gasteiger charge is 2.35. The van der Waals surface area contributed by atoms with E-state index < -0.39 is 11.8 Å². The molecule has 1 aromatic heterocycles. The SMILES string of the molecule is Cc1ccc(SCc2nn(C)c(Cl)c2C=C2C(=O)NC(=S)N(c3ccc(Oc4ccccc4)cc3)C2=O)cc1. The third kappa shape index (κ3) is 5.90. The molecule has 1 N–H and O–H groups in total. The maximum absolute atomic E-state index is 13.6. The lowest BCUT2D eigenvalue weighted by Crippen LogP contribution is -2.54. The number of amides is 2. The fraction of sp³-hybridized carbons (Fsp3) is 0.103. The summed E-state index contributed by atoms with van der Waals surface area (Å²) in [4.78, 5) is 28.8. The topological polar surface area (TPSA) is 76.5 Å². The van der Waals surface area contributed by atoms with Crippen LogP contribution in [0.25, 0.3) is 6.08 Å². The van der Waals surface area contributed by atoms with Crippen LogP contribution in [-0.4, -0.2) is 26.7 Å². The number of nitrogens with one attached hydrogen (secondary N) is 1. The van der Waals surface area contributed by atoms with E-state index in [1.165, 1.54) is 21.2 Å². The molecule has 7 nitrogen and oxygen atoms in total. The number of para-hydroxylation sites is 1. The lowest BCUT2D eigenvalue weighted by Gasteiger charge is -2.29. The van der Waals surface area contributed by atoms with Gasteiger partial charge in [0.2, 0.25) is 0 Å². The Balaban J connectivity index is 1.40. The van der Waals surface area contributed by atoms with Crippen LogP contribution < -0.4 is 15.0 Å². The Hall–Kier alpha value is -3.92. The number of rotatable bonds is 7. The first-order chi connectivity index (χ1) is 18.8. The summed E-state index contributed by atoms with van der Waals surface area (Å²) < 4.78 is 7.36. The first kappa shape index (κ1) is 26.7. The van der Waals surface area contributed by atoms with Crippen LogP contribution in [0.1, 0.15) is 16.8 Å². The maximum Gasteiger partial charge on any atom is 0.270 e. The first-order valence-electron chi connectivity index (χ1n) is 12.0. The number of carbonyl (C=O) groups is 2. The van der Waals surface area contributed by atoms with E-state index in [0.29, 0.717) is 39.3 Å². The second kappa shape index (κ2) is 11.4. The van der Waals surface area contributed by atoms with Gasteiger partial charge in [0.05, 0.1) is 11.4 Å². The molecule has 196 valence electrons. The van der Waals surface area contributed by atoms with Gasteiger partial charge < -0.3 is 4.74 Å². The van der Waals surface area contributed by atoms with Gasteiger partial charge in [0.1, 0.15) is 22.2 Å². The molecule has 0 radical (unpaired) electrons. The molecule has 0 saturated carbocycles. The molecule has 1 fully saturated rings. The molecule has 3 aromatic carbocycles. The summed E-state index contributed by atoms with van der Waals surface area (Å²) in [5.74, 6) is 0.638. The van der Waals surface area contributed by atoms with Gasteiger partial charge in [0.25, 0.3) is 11.8 Å². The Morgan fingerprint density at radius 3 is 2.36 bits per heavy atom. The standard InChI is InChI=1S/C29H23ClN4O3S2/c1-18-8-14-22(15-9-18)39-17-25-23(26(30)33(2)32-25)16-24-27(35)31-29(38)34(28(24)36)19-10-12-21(13-11-19)37-20-6-4-3-5-7-20/h3-16H,17H2,1-2H3,(H,31,35,38). The van der Waals surface area contributed by atoms with Crippen molar-refractivity contribution in [3.8, 4) is 11.5 Å². The molecule has 1 aliphatic rings. The zero-order valence-corrected chi connectivity index (χ0v) is 23.4. The predicted molar refractivity (Wildman–Crippen MR) is 158 cm³/mol. The number of ether oxygens (including phenoxy) is 1. The van der Waals surface area contributed by atoms with Gasteiger partial charge in [-0.2, -0.15) is 5.10 Å². The number of aromatic nitrogens is 2. The third-order valence-corrected chi connectivity index (χ3v) is 7.70. The highest BCUT2D eigenvalue weighted by Crippen LogP contribution is 2.31. The van der Waals surface area contributed by atoms with Crippen LogP contribution in [0.2, 0.25) is 5.15 Å². The van der Waals surface area contributed by atoms with E-state index in [2.05, 4.69) is 10.4 Å². The molecule has 4 aromatic rings. The summed E-state index contributed by atoms with van der Waals surface area (Å²) in [7, 11) is 1.72. The van der Waals surface area contributed by atoms with Gasteiger partial charge in [-0.05, 0) is 73.7 Å². The molecule has 2 heterocycles. The van der Waals surface area contributed by atoms with Crippen molar-refractivity contribution in [3.63, 3.8) is 0 Å². The largest absolute Gasteiger partial charge is 0.457 e. The second-order valence-electron chi connectivity index (χ2n) is 8.74. The van der Waals surface area contributed by atoms with Crippen LogP contribution in [-0.2, 0) is 22.4 Å². The van der Waals surface area contributed by atoms with Gasteiger partial charge in [0, 0.05) is 23.3 Å². The van der Waals surface area contributed by atoms with E-state index in [9.17, 15) is 9.59 Å². The number of aryl methyl sites for hydroxylation is 2. The number of thiocarbonyl (C=S) groups is 1. The minimum Gasteiger partial charge on any atom is -0.457 e. The summed E-state index contributed by atoms with van der Waals surface area (Å²) in [6, 6.07) is 24.4. The molecule has 0 atom stereocenters. The van der Waals surface area contributed by atoms with E-state index in [1.807, 2.05) is 61.5 Å². The number of hydrogen-bond donors (Lipinski definition) is 1. The Morgan fingerprint density at radius 2 is 1.67 bits per heavy atom. The van der Waals surface area contributed by atoms with E-state index >= 15 is 0 Å². The molecule has 1 aliphatic heterocycles. The summed E-state index contributed by atoms with van der Waals surface area (Å²) in [5, 5.41) is 7.45. The average molecular weight is 575 g/mol. The van der Waals surface area contributed by atoms with Crippen LogP contribution in [0.3, 0.4) is 0 Å². The van der Waals surface area contributed by atoms with Crippen molar-refractivity contribution < 1.29 is 14.3 Å². The molecule has 10 heteroatoms. The van der Waals surface area contributed by atoms with Crippen molar-refractivity contribution in [2.24, 2.45) is 7.05 Å². The third-order valence-electron chi connectivity index (χ3n) is 5.95. The zero-order valence-electron chi connectivity index (χ0n) is 21.1. The Kier molecular flexibility index (Phi) is 7.83. The van der Waals surface area contributed by atoms with E-state index in [-0.39, 0.29) is 10.7 Å². The molecule has 5 rings (SSSR count). The van der Waals surface area contributed by atoms with Crippen LogP contribution in [0.4, 0.5) is 5.69 Å². The fourth-order valence-corrected chi connectivity index (χ4v) is 5.26. The summed E-state index contributed by atoms with van der Waals surface area (Å²) in [5.41, 5.74) is 2.74. The molecule has 0 unspecified atom stereocenters. The van der Waals surface area contributed by atoms with Crippen LogP contribution in [0.15, 0.2) is 89.3 Å².